The molecule has 2 rings (SSSR count). The van der Waals surface area contributed by atoms with Crippen LogP contribution >= 0.6 is 0 Å². The summed E-state index contributed by atoms with van der Waals surface area (Å²) in [4.78, 5) is 15.7. The van der Waals surface area contributed by atoms with E-state index in [4.69, 9.17) is 8.92 Å². The lowest BCUT2D eigenvalue weighted by molar-refractivity contribution is 0.0519. The van der Waals surface area contributed by atoms with Crippen LogP contribution in [0, 0.1) is 27.7 Å². The summed E-state index contributed by atoms with van der Waals surface area (Å²) in [6.07, 6.45) is 2.03. The van der Waals surface area contributed by atoms with Crippen LogP contribution in [0.15, 0.2) is 0 Å². The number of carbonyl (C=O) groups excluding carboxylic acids is 1. The van der Waals surface area contributed by atoms with Gasteiger partial charge in [0.15, 0.2) is 0 Å². The summed E-state index contributed by atoms with van der Waals surface area (Å²) in [7, 11) is -3.47. The number of aryl methyl sites for hydroxylation is 3. The van der Waals surface area contributed by atoms with Crippen LogP contribution in [0.1, 0.15) is 51.7 Å². The Morgan fingerprint density at radius 2 is 1.65 bits per heavy atom. The van der Waals surface area contributed by atoms with Gasteiger partial charge in [0.1, 0.15) is 5.69 Å². The van der Waals surface area contributed by atoms with E-state index in [0.29, 0.717) is 25.1 Å². The molecule has 0 aliphatic rings. The van der Waals surface area contributed by atoms with Gasteiger partial charge in [-0.05, 0) is 75.3 Å². The maximum atomic E-state index is 12.4. The van der Waals surface area contributed by atoms with Crippen molar-refractivity contribution in [3.05, 3.63) is 33.5 Å². The van der Waals surface area contributed by atoms with Crippen molar-refractivity contribution in [3.63, 3.8) is 0 Å². The summed E-state index contributed by atoms with van der Waals surface area (Å²) in [6, 6.07) is 0. The van der Waals surface area contributed by atoms with Crippen LogP contribution in [0.4, 0.5) is 0 Å². The van der Waals surface area contributed by atoms with Crippen LogP contribution in [0.2, 0.25) is 0 Å². The summed E-state index contributed by atoms with van der Waals surface area (Å²) >= 11 is 0. The molecule has 0 atom stereocenters. The fourth-order valence-electron chi connectivity index (χ4n) is 3.26. The molecule has 144 valence electrons. The molecule has 0 saturated heterocycles. The maximum absolute atomic E-state index is 12.4. The smallest absolute Gasteiger partial charge is 0.355 e. The third kappa shape index (κ3) is 4.10. The SMILES string of the molecule is CCOC(=O)c1[nH]c2c(C)c(C)c(C)c(C)c2c1CCCOS(C)(=O)=O. The van der Waals surface area contributed by atoms with E-state index in [2.05, 4.69) is 18.8 Å². The summed E-state index contributed by atoms with van der Waals surface area (Å²) in [5, 5.41) is 1.02. The Hall–Kier alpha value is -1.86. The number of benzene rings is 1. The molecule has 0 radical (unpaired) electrons. The highest BCUT2D eigenvalue weighted by molar-refractivity contribution is 7.85. The first-order chi connectivity index (χ1) is 12.1. The van der Waals surface area contributed by atoms with Crippen molar-refractivity contribution in [3.8, 4) is 0 Å². The number of fused-ring (bicyclic) bond motifs is 1. The van der Waals surface area contributed by atoms with Gasteiger partial charge in [0.2, 0.25) is 0 Å². The van der Waals surface area contributed by atoms with Gasteiger partial charge in [-0.2, -0.15) is 8.42 Å². The predicted molar refractivity (Wildman–Crippen MR) is 102 cm³/mol. The zero-order valence-electron chi connectivity index (χ0n) is 16.3. The van der Waals surface area contributed by atoms with Crippen LogP contribution in [0.25, 0.3) is 10.9 Å². The molecule has 0 aliphatic heterocycles. The molecule has 0 fully saturated rings. The lowest BCUT2D eigenvalue weighted by Gasteiger charge is -2.12. The largest absolute Gasteiger partial charge is 0.461 e. The summed E-state index contributed by atoms with van der Waals surface area (Å²) in [5.41, 5.74) is 6.85. The standard InChI is InChI=1S/C19H27NO5S/c1-7-24-19(21)18-15(9-8-10-25-26(6,22)23)16-13(4)11(2)12(3)14(5)17(16)20-18/h20H,7-10H2,1-6H3. The van der Waals surface area contributed by atoms with Gasteiger partial charge in [-0.3, -0.25) is 4.18 Å². The molecule has 0 unspecified atom stereocenters. The number of ether oxygens (including phenoxy) is 1. The molecule has 0 spiro atoms. The van der Waals surface area contributed by atoms with Gasteiger partial charge < -0.3 is 9.72 Å². The molecule has 1 N–H and O–H groups in total. The van der Waals surface area contributed by atoms with E-state index >= 15 is 0 Å². The van der Waals surface area contributed by atoms with Crippen LogP contribution in [-0.4, -0.2) is 38.8 Å². The molecule has 2 aromatic rings. The highest BCUT2D eigenvalue weighted by Gasteiger charge is 2.22. The highest BCUT2D eigenvalue weighted by Crippen LogP contribution is 2.34. The monoisotopic (exact) mass is 381 g/mol. The zero-order chi connectivity index (χ0) is 19.6. The van der Waals surface area contributed by atoms with Gasteiger partial charge in [-0.1, -0.05) is 0 Å². The molecule has 0 aliphatic carbocycles. The van der Waals surface area contributed by atoms with E-state index in [1.807, 2.05) is 13.8 Å². The average molecular weight is 381 g/mol. The topological polar surface area (TPSA) is 85.5 Å². The molecule has 0 amide bonds. The number of aromatic nitrogens is 1. The van der Waals surface area contributed by atoms with E-state index in [1.165, 1.54) is 11.1 Å². The zero-order valence-corrected chi connectivity index (χ0v) is 17.1. The Kier molecular flexibility index (Phi) is 6.13. The number of hydrogen-bond acceptors (Lipinski definition) is 5. The Morgan fingerprint density at radius 3 is 2.23 bits per heavy atom. The van der Waals surface area contributed by atoms with Gasteiger partial charge in [0.25, 0.3) is 10.1 Å². The second-order valence-electron chi connectivity index (χ2n) is 6.58. The first kappa shape index (κ1) is 20.5. The Labute approximate surface area is 155 Å². The van der Waals surface area contributed by atoms with E-state index in [9.17, 15) is 13.2 Å². The summed E-state index contributed by atoms with van der Waals surface area (Å²) in [5.74, 6) is -0.392. The van der Waals surface area contributed by atoms with Crippen LogP contribution in [0.5, 0.6) is 0 Å². The third-order valence-electron chi connectivity index (χ3n) is 4.89. The molecule has 26 heavy (non-hydrogen) atoms. The van der Waals surface area contributed by atoms with E-state index < -0.39 is 16.1 Å². The van der Waals surface area contributed by atoms with E-state index in [-0.39, 0.29) is 6.61 Å². The molecule has 0 saturated carbocycles. The third-order valence-corrected chi connectivity index (χ3v) is 5.48. The minimum atomic E-state index is -3.47. The Bertz CT molecular complexity index is 941. The average Bonchev–Trinajstić information content (AvgIpc) is 2.94. The second-order valence-corrected chi connectivity index (χ2v) is 8.22. The van der Waals surface area contributed by atoms with Crippen LogP contribution in [-0.2, 0) is 25.5 Å². The minimum Gasteiger partial charge on any atom is -0.461 e. The first-order valence-electron chi connectivity index (χ1n) is 8.70. The summed E-state index contributed by atoms with van der Waals surface area (Å²) in [6.45, 7) is 10.4. The van der Waals surface area contributed by atoms with E-state index in [1.54, 1.807) is 6.92 Å². The van der Waals surface area contributed by atoms with Gasteiger partial charge in [-0.15, -0.1) is 0 Å². The molecular weight excluding hydrogens is 354 g/mol. The van der Waals surface area contributed by atoms with E-state index in [0.717, 1.165) is 33.8 Å². The lowest BCUT2D eigenvalue weighted by atomic mass is 9.92. The van der Waals surface area contributed by atoms with Crippen LogP contribution in [0.3, 0.4) is 0 Å². The Morgan fingerprint density at radius 1 is 1.04 bits per heavy atom. The first-order valence-corrected chi connectivity index (χ1v) is 10.5. The molecule has 1 aromatic carbocycles. The lowest BCUT2D eigenvalue weighted by Crippen LogP contribution is -2.09. The van der Waals surface area contributed by atoms with Crippen molar-refractivity contribution >= 4 is 27.0 Å². The van der Waals surface area contributed by atoms with Crippen molar-refractivity contribution in [1.29, 1.82) is 0 Å². The number of aromatic amines is 1. The molecular formula is C19H27NO5S. The Balaban J connectivity index is 2.53. The number of nitrogens with one attached hydrogen (secondary N) is 1. The van der Waals surface area contributed by atoms with Gasteiger partial charge in [0, 0.05) is 10.9 Å². The normalized spacial score (nSPS) is 11.9. The second kappa shape index (κ2) is 7.80. The van der Waals surface area contributed by atoms with Crippen molar-refractivity contribution in [2.45, 2.75) is 47.5 Å². The fraction of sp³-hybridized carbons (Fsp3) is 0.526. The number of esters is 1. The number of rotatable bonds is 7. The van der Waals surface area contributed by atoms with Gasteiger partial charge >= 0.3 is 5.97 Å². The molecule has 1 heterocycles. The highest BCUT2D eigenvalue weighted by atomic mass is 32.2. The predicted octanol–water partition coefficient (Wildman–Crippen LogP) is 3.49. The number of H-pyrrole nitrogens is 1. The van der Waals surface area contributed by atoms with Crippen molar-refractivity contribution in [2.75, 3.05) is 19.5 Å². The number of carbonyl (C=O) groups is 1. The van der Waals surface area contributed by atoms with Crippen LogP contribution < -0.4 is 0 Å². The van der Waals surface area contributed by atoms with Gasteiger partial charge in [0.05, 0.1) is 19.5 Å². The van der Waals surface area contributed by atoms with Crippen molar-refractivity contribution in [1.82, 2.24) is 4.98 Å². The van der Waals surface area contributed by atoms with Crippen molar-refractivity contribution < 1.29 is 22.1 Å². The quantitative estimate of drug-likeness (QED) is 0.451. The molecule has 6 nitrogen and oxygen atoms in total. The molecule has 0 bridgehead atoms. The minimum absolute atomic E-state index is 0.0800. The fourth-order valence-corrected chi connectivity index (χ4v) is 3.68. The summed E-state index contributed by atoms with van der Waals surface area (Å²) < 4.78 is 32.3. The maximum Gasteiger partial charge on any atom is 0.355 e. The molecule has 7 heteroatoms. The van der Waals surface area contributed by atoms with Gasteiger partial charge in [-0.25, -0.2) is 4.79 Å². The van der Waals surface area contributed by atoms with Crippen molar-refractivity contribution in [2.24, 2.45) is 0 Å². The number of hydrogen-bond donors (Lipinski definition) is 1. The molecule has 1 aromatic heterocycles.